The number of aliphatic hydroxyl groups is 2. The fourth-order valence-corrected chi connectivity index (χ4v) is 2.96. The third-order valence-corrected chi connectivity index (χ3v) is 3.92. The molecule has 0 radical (unpaired) electrons. The van der Waals surface area contributed by atoms with Crippen molar-refractivity contribution >= 4 is 23.7 Å². The molecular formula is C13H17N5O5. The molecule has 3 heterocycles. The number of nitrogens with one attached hydrogen (secondary N) is 2. The topological polar surface area (TPSA) is 139 Å². The van der Waals surface area contributed by atoms with Crippen LogP contribution >= 0.6 is 0 Å². The number of aliphatic imine (C=N–C) groups is 1. The molecule has 3 amide bonds. The van der Waals surface area contributed by atoms with Gasteiger partial charge in [-0.3, -0.25) is 15.5 Å². The molecule has 2 fully saturated rings. The minimum atomic E-state index is -1.06. The van der Waals surface area contributed by atoms with Crippen LogP contribution in [0, 0.1) is 5.41 Å². The lowest BCUT2D eigenvalue weighted by Gasteiger charge is -2.27. The Morgan fingerprint density at radius 2 is 2.26 bits per heavy atom. The number of fused-ring (bicyclic) bond motifs is 1. The van der Waals surface area contributed by atoms with Crippen molar-refractivity contribution in [2.45, 2.75) is 30.9 Å². The first-order chi connectivity index (χ1) is 11.0. The van der Waals surface area contributed by atoms with E-state index in [0.29, 0.717) is 0 Å². The molecule has 3 aliphatic rings. The molecule has 23 heavy (non-hydrogen) atoms. The Labute approximate surface area is 131 Å². The molecule has 0 aliphatic carbocycles. The van der Waals surface area contributed by atoms with Gasteiger partial charge in [-0.1, -0.05) is 6.08 Å². The second kappa shape index (κ2) is 5.72. The number of rotatable bonds is 4. The van der Waals surface area contributed by atoms with Crippen LogP contribution in [0.4, 0.5) is 4.79 Å². The highest BCUT2D eigenvalue weighted by Gasteiger charge is 2.54. The molecule has 10 heteroatoms. The molecule has 4 N–H and O–H groups in total. The highest BCUT2D eigenvalue weighted by atomic mass is 16.5. The number of urea groups is 1. The number of carbonyl (C=O) groups is 2. The second-order valence-electron chi connectivity index (χ2n) is 5.44. The predicted octanol–water partition coefficient (Wildman–Crippen LogP) is -1.79. The third kappa shape index (κ3) is 2.40. The number of nitrogens with zero attached hydrogens (tertiary/aromatic N) is 3. The first-order valence-corrected chi connectivity index (χ1v) is 7.11. The number of hydrogen-bond donors (Lipinski definition) is 4. The zero-order valence-corrected chi connectivity index (χ0v) is 12.2. The Morgan fingerprint density at radius 3 is 2.87 bits per heavy atom. The molecule has 0 aromatic carbocycles. The number of hydrogen-bond acceptors (Lipinski definition) is 6. The van der Waals surface area contributed by atoms with Gasteiger partial charge in [0.2, 0.25) is 5.96 Å². The van der Waals surface area contributed by atoms with E-state index in [1.165, 1.54) is 11.0 Å². The lowest BCUT2D eigenvalue weighted by molar-refractivity contribution is -0.121. The maximum Gasteiger partial charge on any atom is 0.329 e. The lowest BCUT2D eigenvalue weighted by Crippen LogP contribution is -2.53. The molecule has 0 aromatic rings. The Kier molecular flexibility index (Phi) is 3.88. The smallest absolute Gasteiger partial charge is 0.329 e. The summed E-state index contributed by atoms with van der Waals surface area (Å²) in [6.45, 7) is 3.37. The Bertz CT molecular complexity index is 606. The van der Waals surface area contributed by atoms with E-state index in [2.05, 4.69) is 16.9 Å². The van der Waals surface area contributed by atoms with E-state index in [0.717, 1.165) is 4.90 Å². The van der Waals surface area contributed by atoms with E-state index in [4.69, 9.17) is 10.1 Å². The fourth-order valence-electron chi connectivity index (χ4n) is 2.96. The highest BCUT2D eigenvalue weighted by molar-refractivity contribution is 6.25. The molecule has 3 aliphatic heterocycles. The van der Waals surface area contributed by atoms with Gasteiger partial charge in [-0.2, -0.15) is 4.99 Å². The summed E-state index contributed by atoms with van der Waals surface area (Å²) < 4.78 is 5.49. The molecule has 0 aromatic heterocycles. The summed E-state index contributed by atoms with van der Waals surface area (Å²) in [7, 11) is 0. The maximum absolute atomic E-state index is 12.7. The summed E-state index contributed by atoms with van der Waals surface area (Å²) in [6.07, 6.45) is -1.06. The number of aliphatic hydroxyl groups excluding tert-OH is 2. The summed E-state index contributed by atoms with van der Waals surface area (Å²) in [5.41, 5.74) is 0. The van der Waals surface area contributed by atoms with Crippen molar-refractivity contribution in [2.24, 2.45) is 4.99 Å². The number of ether oxygens (including phenoxy) is 1. The third-order valence-electron chi connectivity index (χ3n) is 3.92. The molecule has 1 unspecified atom stereocenters. The lowest BCUT2D eigenvalue weighted by atomic mass is 10.1. The van der Waals surface area contributed by atoms with Crippen LogP contribution in [0.1, 0.15) is 6.42 Å². The van der Waals surface area contributed by atoms with E-state index in [1.54, 1.807) is 0 Å². The van der Waals surface area contributed by atoms with Crippen LogP contribution in [0.5, 0.6) is 0 Å². The van der Waals surface area contributed by atoms with E-state index in [-0.39, 0.29) is 31.4 Å². The van der Waals surface area contributed by atoms with Gasteiger partial charge < -0.3 is 19.8 Å². The Balaban J connectivity index is 1.99. The molecule has 3 rings (SSSR count). The van der Waals surface area contributed by atoms with Crippen LogP contribution in [0.3, 0.4) is 0 Å². The van der Waals surface area contributed by atoms with Crippen molar-refractivity contribution in [1.82, 2.24) is 15.1 Å². The average Bonchev–Trinajstić information content (AvgIpc) is 2.98. The normalized spacial score (nSPS) is 33.7. The van der Waals surface area contributed by atoms with E-state index in [1.807, 2.05) is 0 Å². The van der Waals surface area contributed by atoms with Crippen LogP contribution in [-0.2, 0) is 9.53 Å². The van der Waals surface area contributed by atoms with Gasteiger partial charge in [0, 0.05) is 13.0 Å². The van der Waals surface area contributed by atoms with Crippen LogP contribution in [-0.4, -0.2) is 81.4 Å². The second-order valence-corrected chi connectivity index (χ2v) is 5.44. The van der Waals surface area contributed by atoms with Crippen LogP contribution in [0.25, 0.3) is 0 Å². The minimum Gasteiger partial charge on any atom is -0.394 e. The van der Waals surface area contributed by atoms with Crippen LogP contribution in [0.2, 0.25) is 0 Å². The SMILES string of the molecule is C=CCN1C(=O)N([C@@H]2O[C@H](CO)C[C@H]2O)C2=NC(=N)NC(=O)C21. The van der Waals surface area contributed by atoms with Gasteiger partial charge in [-0.25, -0.2) is 9.69 Å². The zero-order valence-electron chi connectivity index (χ0n) is 12.2. The van der Waals surface area contributed by atoms with Crippen molar-refractivity contribution in [3.63, 3.8) is 0 Å². The summed E-state index contributed by atoms with van der Waals surface area (Å²) >= 11 is 0. The van der Waals surface area contributed by atoms with Crippen molar-refractivity contribution in [3.05, 3.63) is 12.7 Å². The number of carbonyl (C=O) groups excluding carboxylic acids is 2. The highest BCUT2D eigenvalue weighted by Crippen LogP contribution is 2.30. The minimum absolute atomic E-state index is 0.0354. The summed E-state index contributed by atoms with van der Waals surface area (Å²) in [5, 5.41) is 29.1. The summed E-state index contributed by atoms with van der Waals surface area (Å²) in [6, 6.07) is -1.57. The molecular weight excluding hydrogens is 306 g/mol. The number of amidine groups is 1. The predicted molar refractivity (Wildman–Crippen MR) is 77.6 cm³/mol. The summed E-state index contributed by atoms with van der Waals surface area (Å²) in [4.78, 5) is 31.1. The van der Waals surface area contributed by atoms with Crippen molar-refractivity contribution in [3.8, 4) is 0 Å². The van der Waals surface area contributed by atoms with Gasteiger partial charge in [-0.15, -0.1) is 6.58 Å². The molecule has 0 spiro atoms. The average molecular weight is 323 g/mol. The molecule has 2 saturated heterocycles. The molecule has 124 valence electrons. The van der Waals surface area contributed by atoms with Crippen LogP contribution in [0.15, 0.2) is 17.6 Å². The van der Waals surface area contributed by atoms with Gasteiger partial charge in [0.25, 0.3) is 5.91 Å². The van der Waals surface area contributed by atoms with Crippen molar-refractivity contribution < 1.29 is 24.5 Å². The van der Waals surface area contributed by atoms with Gasteiger partial charge in [0.05, 0.1) is 12.7 Å². The van der Waals surface area contributed by atoms with Gasteiger partial charge in [0.1, 0.15) is 6.10 Å². The van der Waals surface area contributed by atoms with E-state index in [9.17, 15) is 19.8 Å². The van der Waals surface area contributed by atoms with Gasteiger partial charge in [-0.05, 0) is 0 Å². The standard InChI is InChI=1S/C13H17N5O5/c1-2-3-17-8-9(15-12(14)16-10(8)21)18(13(17)22)11-7(20)4-6(5-19)23-11/h2,6-8,11,19-20H,1,3-5H2,(H2,14,16,21)/t6-,7+,8?,11+/m0/s1. The zero-order chi connectivity index (χ0) is 16.7. The monoisotopic (exact) mass is 323 g/mol. The number of guanidine groups is 1. The molecule has 0 bridgehead atoms. The molecule has 0 saturated carbocycles. The Morgan fingerprint density at radius 1 is 1.52 bits per heavy atom. The van der Waals surface area contributed by atoms with Crippen LogP contribution < -0.4 is 5.32 Å². The van der Waals surface area contributed by atoms with Crippen molar-refractivity contribution in [1.29, 1.82) is 5.41 Å². The van der Waals surface area contributed by atoms with Crippen molar-refractivity contribution in [2.75, 3.05) is 13.2 Å². The molecule has 4 atom stereocenters. The molecule has 10 nitrogen and oxygen atoms in total. The first-order valence-electron chi connectivity index (χ1n) is 7.11. The quantitative estimate of drug-likeness (QED) is 0.453. The van der Waals surface area contributed by atoms with E-state index >= 15 is 0 Å². The van der Waals surface area contributed by atoms with E-state index < -0.39 is 36.4 Å². The number of amides is 3. The fraction of sp³-hybridized carbons (Fsp3) is 0.538. The first kappa shape index (κ1) is 15.6. The van der Waals surface area contributed by atoms with Gasteiger partial charge >= 0.3 is 6.03 Å². The summed E-state index contributed by atoms with van der Waals surface area (Å²) in [5.74, 6) is -0.900. The van der Waals surface area contributed by atoms with Gasteiger partial charge in [0.15, 0.2) is 18.1 Å². The Hall–Kier alpha value is -2.30. The maximum atomic E-state index is 12.7. The largest absolute Gasteiger partial charge is 0.394 e.